The molecule has 1 aliphatic carbocycles. The van der Waals surface area contributed by atoms with Gasteiger partial charge in [0.1, 0.15) is 43.2 Å². The lowest BCUT2D eigenvalue weighted by atomic mass is 9.85. The third-order valence-electron chi connectivity index (χ3n) is 11.7. The molecule has 0 spiro atoms. The van der Waals surface area contributed by atoms with Crippen LogP contribution in [-0.2, 0) is 55.6 Å². The Kier molecular flexibility index (Phi) is 37.1. The maximum Gasteiger partial charge on any atom is 0.472 e. The summed E-state index contributed by atoms with van der Waals surface area (Å²) in [5, 5.41) is 32.2. The van der Waals surface area contributed by atoms with Crippen molar-refractivity contribution in [3.8, 4) is 0 Å². The van der Waals surface area contributed by atoms with Crippen molar-refractivity contribution < 1.29 is 95.4 Å². The predicted molar refractivity (Wildman–Crippen MR) is 261 cm³/mol. The second-order valence-corrected chi connectivity index (χ2v) is 23.0. The van der Waals surface area contributed by atoms with E-state index in [2.05, 4.69) is 16.0 Å². The first-order valence-electron chi connectivity index (χ1n) is 25.4. The first-order chi connectivity index (χ1) is 32.7. The normalized spacial score (nSPS) is 21.2. The highest BCUT2D eigenvalue weighted by atomic mass is 32.2. The Balaban J connectivity index is 2.64. The number of carbonyl (C=O) groups is 3. The minimum Gasteiger partial charge on any atom is -0.462 e. The van der Waals surface area contributed by atoms with Gasteiger partial charge in [-0.15, -0.1) is 0 Å². The monoisotopic (exact) mass is 1070 g/mol. The van der Waals surface area contributed by atoms with Crippen LogP contribution < -0.4 is 0 Å². The molecule has 8 atom stereocenters. The number of carbonyl (C=O) groups excluding carboxylic acids is 3. The zero-order valence-corrected chi connectivity index (χ0v) is 44.6. The molecule has 0 saturated heterocycles. The van der Waals surface area contributed by atoms with Gasteiger partial charge in [-0.3, -0.25) is 32.5 Å². The van der Waals surface area contributed by atoms with Crippen LogP contribution in [0.1, 0.15) is 206 Å². The molecule has 1 aliphatic rings. The van der Waals surface area contributed by atoms with Crippen LogP contribution in [0, 0.1) is 0 Å². The number of hydrogen-bond acceptors (Lipinski definition) is 16. The molecular weight excluding hydrogens is 985 g/mol. The maximum absolute atomic E-state index is 13.1. The Labute approximate surface area is 414 Å². The predicted octanol–water partition coefficient (Wildman–Crippen LogP) is 9.00. The number of ether oxygens (including phenoxy) is 2. The zero-order valence-electron chi connectivity index (χ0n) is 41.1. The van der Waals surface area contributed by atoms with Crippen LogP contribution in [0.15, 0.2) is 0 Å². The smallest absolute Gasteiger partial charge is 0.462 e. The Morgan fingerprint density at radius 1 is 0.464 bits per heavy atom. The van der Waals surface area contributed by atoms with Crippen molar-refractivity contribution in [3.63, 3.8) is 0 Å². The second-order valence-electron chi connectivity index (χ2n) is 18.0. The maximum atomic E-state index is 13.1. The average Bonchev–Trinajstić information content (AvgIpc) is 3.27. The summed E-state index contributed by atoms with van der Waals surface area (Å²) in [7, 11) is -16.6. The van der Waals surface area contributed by atoms with E-state index in [1.807, 2.05) is 6.92 Å². The van der Waals surface area contributed by atoms with Gasteiger partial charge in [0.25, 0.3) is 0 Å². The molecule has 0 bridgehead atoms. The van der Waals surface area contributed by atoms with Gasteiger partial charge in [0.2, 0.25) is 0 Å². The summed E-state index contributed by atoms with van der Waals surface area (Å²) in [5.74, 6) is -0.390. The SMILES string of the molecule is CCCCCCCCCCCCCCCC(=O)O[C@H](COC(=O)CCCCCCCCCCCCCCCSC(=O)CCC)COP(=O)(O)OC1C(O)[C@@H](O)C(OP(=O)(O)O)[C@@H](OP(=O)(O)O)[C@H]1O. The first kappa shape index (κ1) is 66.2. The standard InChI is InChI=1S/C45H87O20P3S/c1-3-5-6-7-8-9-10-12-16-19-22-25-28-32-38(47)62-36(34-60-37(46)31-27-24-21-18-15-13-11-14-17-20-23-26-29-33-69-39(48)30-4-2)35-61-68(58,59)65-43-40(49)41(50)44(63-66(52,53)54)45(42(43)51)64-67(55,56)57/h36,40-45,49-51H,3-35H2,1-2H3,(H,58,59)(H2,52,53,54)(H2,55,56,57)/t36-,40?,41-,42+,43?,44?,45+/m1/s1. The molecule has 0 heterocycles. The molecule has 69 heavy (non-hydrogen) atoms. The molecule has 20 nitrogen and oxygen atoms in total. The van der Waals surface area contributed by atoms with Gasteiger partial charge >= 0.3 is 35.4 Å². The second kappa shape index (κ2) is 38.7. The molecule has 408 valence electrons. The number of phosphoric acid groups is 3. The lowest BCUT2D eigenvalue weighted by molar-refractivity contribution is -0.213. The quantitative estimate of drug-likeness (QED) is 0.0160. The van der Waals surface area contributed by atoms with Crippen molar-refractivity contribution in [1.29, 1.82) is 0 Å². The number of esters is 2. The van der Waals surface area contributed by atoms with E-state index >= 15 is 0 Å². The van der Waals surface area contributed by atoms with Gasteiger partial charge in [-0.2, -0.15) is 0 Å². The van der Waals surface area contributed by atoms with Crippen LogP contribution in [-0.4, -0.2) is 119 Å². The van der Waals surface area contributed by atoms with E-state index in [9.17, 15) is 67.9 Å². The molecule has 8 N–H and O–H groups in total. The Hall–Kier alpha value is -0.830. The molecule has 0 aromatic heterocycles. The van der Waals surface area contributed by atoms with E-state index in [1.165, 1.54) is 88.8 Å². The van der Waals surface area contributed by atoms with Crippen molar-refractivity contribution in [1.82, 2.24) is 0 Å². The van der Waals surface area contributed by atoms with Gasteiger partial charge < -0.3 is 49.3 Å². The largest absolute Gasteiger partial charge is 0.472 e. The van der Waals surface area contributed by atoms with Crippen LogP contribution in [0.4, 0.5) is 0 Å². The van der Waals surface area contributed by atoms with E-state index < -0.39 is 91.3 Å². The molecule has 0 radical (unpaired) electrons. The minimum atomic E-state index is -5.60. The van der Waals surface area contributed by atoms with E-state index in [0.717, 1.165) is 89.2 Å². The zero-order chi connectivity index (χ0) is 51.6. The van der Waals surface area contributed by atoms with Gasteiger partial charge in [-0.05, 0) is 25.7 Å². The van der Waals surface area contributed by atoms with Gasteiger partial charge in [0.05, 0.1) is 6.61 Å². The van der Waals surface area contributed by atoms with Crippen molar-refractivity contribution in [2.24, 2.45) is 0 Å². The highest BCUT2D eigenvalue weighted by Gasteiger charge is 2.56. The van der Waals surface area contributed by atoms with Crippen LogP contribution in [0.2, 0.25) is 0 Å². The Bertz CT molecular complexity index is 1520. The van der Waals surface area contributed by atoms with Crippen LogP contribution >= 0.6 is 35.2 Å². The van der Waals surface area contributed by atoms with E-state index in [4.69, 9.17) is 18.5 Å². The fourth-order valence-electron chi connectivity index (χ4n) is 7.90. The number of unbranched alkanes of at least 4 members (excludes halogenated alkanes) is 24. The minimum absolute atomic E-state index is 0.00381. The summed E-state index contributed by atoms with van der Waals surface area (Å²) in [6.07, 6.45) is 13.3. The van der Waals surface area contributed by atoms with E-state index in [0.29, 0.717) is 24.4 Å². The van der Waals surface area contributed by atoms with Crippen LogP contribution in [0.5, 0.6) is 0 Å². The summed E-state index contributed by atoms with van der Waals surface area (Å²) >= 11 is 1.46. The number of aliphatic hydroxyl groups is 3. The number of phosphoric ester groups is 3. The third kappa shape index (κ3) is 35.1. The number of hydrogen-bond donors (Lipinski definition) is 8. The number of thioether (sulfide) groups is 1. The summed E-state index contributed by atoms with van der Waals surface area (Å²) < 4.78 is 65.5. The van der Waals surface area contributed by atoms with Gasteiger partial charge in [-0.1, -0.05) is 173 Å². The lowest BCUT2D eigenvalue weighted by Crippen LogP contribution is -2.65. The van der Waals surface area contributed by atoms with Gasteiger partial charge in [-0.25, -0.2) is 13.7 Å². The fraction of sp³-hybridized carbons (Fsp3) is 0.933. The molecule has 1 fully saturated rings. The van der Waals surface area contributed by atoms with E-state index in [-0.39, 0.29) is 12.8 Å². The van der Waals surface area contributed by atoms with E-state index in [1.54, 1.807) is 0 Å². The number of rotatable bonds is 44. The van der Waals surface area contributed by atoms with Crippen molar-refractivity contribution >= 4 is 52.3 Å². The molecule has 24 heteroatoms. The molecule has 0 aromatic rings. The fourth-order valence-corrected chi connectivity index (χ4v) is 10.9. The molecule has 0 aromatic carbocycles. The highest BCUT2D eigenvalue weighted by molar-refractivity contribution is 8.13. The van der Waals surface area contributed by atoms with Crippen molar-refractivity contribution in [3.05, 3.63) is 0 Å². The average molecular weight is 1070 g/mol. The number of aliphatic hydroxyl groups excluding tert-OH is 3. The van der Waals surface area contributed by atoms with Crippen molar-refractivity contribution in [2.75, 3.05) is 19.0 Å². The first-order valence-corrected chi connectivity index (χ1v) is 30.9. The highest BCUT2D eigenvalue weighted by Crippen LogP contribution is 2.51. The molecule has 0 aliphatic heterocycles. The molecule has 0 amide bonds. The molecule has 4 unspecified atom stereocenters. The topological polar surface area (TPSA) is 320 Å². The summed E-state index contributed by atoms with van der Waals surface area (Å²) in [6.45, 7) is 2.73. The summed E-state index contributed by atoms with van der Waals surface area (Å²) in [6, 6.07) is 0. The van der Waals surface area contributed by atoms with Crippen molar-refractivity contribution in [2.45, 2.75) is 249 Å². The van der Waals surface area contributed by atoms with Crippen LogP contribution in [0.3, 0.4) is 0 Å². The molecule has 1 rings (SSSR count). The van der Waals surface area contributed by atoms with Gasteiger partial charge in [0, 0.05) is 25.0 Å². The Morgan fingerprint density at radius 3 is 1.29 bits per heavy atom. The third-order valence-corrected chi connectivity index (χ3v) is 14.7. The van der Waals surface area contributed by atoms with Crippen LogP contribution in [0.25, 0.3) is 0 Å². The lowest BCUT2D eigenvalue weighted by Gasteiger charge is -2.44. The summed E-state index contributed by atoms with van der Waals surface area (Å²) in [4.78, 5) is 84.9. The van der Waals surface area contributed by atoms with Gasteiger partial charge in [0.15, 0.2) is 11.2 Å². The Morgan fingerprint density at radius 2 is 0.855 bits per heavy atom. The molecule has 1 saturated carbocycles. The molecular formula is C45H87O20P3S. The summed E-state index contributed by atoms with van der Waals surface area (Å²) in [5.41, 5.74) is 0.